The summed E-state index contributed by atoms with van der Waals surface area (Å²) < 4.78 is 20.2. The van der Waals surface area contributed by atoms with E-state index in [0.717, 1.165) is 18.9 Å². The van der Waals surface area contributed by atoms with Crippen LogP contribution in [0.15, 0.2) is 41.1 Å². The number of halogens is 2. The lowest BCUT2D eigenvalue weighted by molar-refractivity contribution is 0.0950. The van der Waals surface area contributed by atoms with Crippen molar-refractivity contribution in [2.75, 3.05) is 0 Å². The summed E-state index contributed by atoms with van der Waals surface area (Å²) in [6.07, 6.45) is 3.41. The van der Waals surface area contributed by atoms with Crippen LogP contribution in [-0.2, 0) is 13.0 Å². The summed E-state index contributed by atoms with van der Waals surface area (Å²) in [4.78, 5) is 16.7. The highest BCUT2D eigenvalue weighted by atomic mass is 35.5. The first-order valence-corrected chi connectivity index (χ1v) is 9.33. The second-order valence-electron chi connectivity index (χ2n) is 6.30. The van der Waals surface area contributed by atoms with Crippen LogP contribution in [-0.4, -0.2) is 30.6 Å². The van der Waals surface area contributed by atoms with E-state index in [1.54, 1.807) is 16.7 Å². The maximum Gasteiger partial charge on any atom is 0.261 e. The van der Waals surface area contributed by atoms with Crippen LogP contribution in [0.4, 0.5) is 4.39 Å². The number of rotatable bonds is 6. The van der Waals surface area contributed by atoms with Gasteiger partial charge in [-0.05, 0) is 36.8 Å². The minimum absolute atomic E-state index is 0.0372. The van der Waals surface area contributed by atoms with E-state index >= 15 is 0 Å². The zero-order valence-corrected chi connectivity index (χ0v) is 16.1. The van der Waals surface area contributed by atoms with Crippen LogP contribution in [0.2, 0.25) is 5.02 Å². The molecule has 148 valence electrons. The van der Waals surface area contributed by atoms with Crippen molar-refractivity contribution in [3.8, 4) is 11.5 Å². The molecule has 3 heterocycles. The lowest BCUT2D eigenvalue weighted by atomic mass is 10.2. The Morgan fingerprint density at radius 3 is 2.97 bits per heavy atom. The van der Waals surface area contributed by atoms with Crippen LogP contribution in [0.3, 0.4) is 0 Å². The molecule has 10 heteroatoms. The van der Waals surface area contributed by atoms with Gasteiger partial charge in [0.2, 0.25) is 0 Å². The number of aryl methyl sites for hydroxylation is 1. The van der Waals surface area contributed by atoms with Gasteiger partial charge in [-0.1, -0.05) is 23.7 Å². The number of pyridine rings is 1. The Hall–Kier alpha value is -3.33. The topological polar surface area (TPSA) is 98.2 Å². The first kappa shape index (κ1) is 19.0. The van der Waals surface area contributed by atoms with Crippen LogP contribution in [0.1, 0.15) is 35.4 Å². The molecule has 29 heavy (non-hydrogen) atoms. The standard InChI is InChI=1S/C19H16ClFN6O2/c1-2-4-15-23-19(29-26-15)13-5-3-8-27-16(24-25-17(13)27)10-22-18(28)12-7-6-11(21)9-14(12)20/h3,5-9H,2,4,10H2,1H3,(H,22,28). The molecule has 0 fully saturated rings. The number of hydrogen-bond acceptors (Lipinski definition) is 6. The lowest BCUT2D eigenvalue weighted by Crippen LogP contribution is -2.24. The highest BCUT2D eigenvalue weighted by Crippen LogP contribution is 2.22. The van der Waals surface area contributed by atoms with Crippen LogP contribution in [0.25, 0.3) is 17.1 Å². The van der Waals surface area contributed by atoms with Gasteiger partial charge in [-0.15, -0.1) is 10.2 Å². The maximum atomic E-state index is 13.2. The molecule has 3 aromatic heterocycles. The number of aromatic nitrogens is 5. The van der Waals surface area contributed by atoms with Crippen molar-refractivity contribution in [2.45, 2.75) is 26.3 Å². The Morgan fingerprint density at radius 1 is 1.31 bits per heavy atom. The van der Waals surface area contributed by atoms with Crippen LogP contribution in [0.5, 0.6) is 0 Å². The average Bonchev–Trinajstić information content (AvgIpc) is 3.33. The Labute approximate surface area is 169 Å². The second-order valence-corrected chi connectivity index (χ2v) is 6.71. The van der Waals surface area contributed by atoms with E-state index in [2.05, 4.69) is 25.7 Å². The monoisotopic (exact) mass is 414 g/mol. The summed E-state index contributed by atoms with van der Waals surface area (Å²) in [5, 5.41) is 15.0. The first-order valence-electron chi connectivity index (χ1n) is 8.95. The normalized spacial score (nSPS) is 11.1. The molecule has 0 saturated carbocycles. The maximum absolute atomic E-state index is 13.2. The minimum atomic E-state index is -0.509. The Balaban J connectivity index is 1.57. The van der Waals surface area contributed by atoms with E-state index in [-0.39, 0.29) is 17.1 Å². The molecule has 0 bridgehead atoms. The van der Waals surface area contributed by atoms with E-state index in [4.69, 9.17) is 16.1 Å². The van der Waals surface area contributed by atoms with Crippen molar-refractivity contribution in [1.29, 1.82) is 0 Å². The van der Waals surface area contributed by atoms with Crippen LogP contribution < -0.4 is 5.32 Å². The summed E-state index contributed by atoms with van der Waals surface area (Å²) in [5.74, 6) is 0.546. The molecule has 0 atom stereocenters. The Morgan fingerprint density at radius 2 is 2.17 bits per heavy atom. The van der Waals surface area contributed by atoms with Crippen molar-refractivity contribution in [3.05, 3.63) is 64.6 Å². The molecule has 1 aromatic carbocycles. The highest BCUT2D eigenvalue weighted by molar-refractivity contribution is 6.33. The molecule has 0 aliphatic rings. The molecule has 8 nitrogen and oxygen atoms in total. The quantitative estimate of drug-likeness (QED) is 0.519. The third kappa shape index (κ3) is 3.81. The summed E-state index contributed by atoms with van der Waals surface area (Å²) in [7, 11) is 0. The van der Waals surface area contributed by atoms with E-state index in [1.165, 1.54) is 12.1 Å². The number of benzene rings is 1. The number of hydrogen-bond donors (Lipinski definition) is 1. The van der Waals surface area contributed by atoms with Gasteiger partial charge in [0.1, 0.15) is 5.82 Å². The van der Waals surface area contributed by atoms with Crippen molar-refractivity contribution in [1.82, 2.24) is 30.1 Å². The molecule has 0 unspecified atom stereocenters. The number of amides is 1. The molecular formula is C19H16ClFN6O2. The van der Waals surface area contributed by atoms with E-state index in [1.807, 2.05) is 13.0 Å². The molecule has 1 N–H and O–H groups in total. The Kier molecular flexibility index (Phi) is 5.22. The molecular weight excluding hydrogens is 399 g/mol. The zero-order chi connectivity index (χ0) is 20.4. The van der Waals surface area contributed by atoms with Gasteiger partial charge in [0.05, 0.1) is 22.7 Å². The summed E-state index contributed by atoms with van der Waals surface area (Å²) in [6.45, 7) is 2.14. The molecule has 4 rings (SSSR count). The molecule has 0 aliphatic carbocycles. The second kappa shape index (κ2) is 7.96. The SMILES string of the molecule is CCCc1noc(-c2cccn3c(CNC(=O)c4ccc(F)cc4Cl)nnc23)n1. The van der Waals surface area contributed by atoms with Crippen molar-refractivity contribution in [3.63, 3.8) is 0 Å². The van der Waals surface area contributed by atoms with E-state index < -0.39 is 11.7 Å². The van der Waals surface area contributed by atoms with Crippen molar-refractivity contribution in [2.24, 2.45) is 0 Å². The summed E-state index contributed by atoms with van der Waals surface area (Å²) in [6, 6.07) is 7.21. The van der Waals surface area contributed by atoms with Gasteiger partial charge in [-0.2, -0.15) is 4.98 Å². The van der Waals surface area contributed by atoms with Gasteiger partial charge in [0.25, 0.3) is 11.8 Å². The molecule has 0 radical (unpaired) electrons. The first-order chi connectivity index (χ1) is 14.1. The van der Waals surface area contributed by atoms with Gasteiger partial charge < -0.3 is 9.84 Å². The molecule has 1 amide bonds. The average molecular weight is 415 g/mol. The van der Waals surface area contributed by atoms with Gasteiger partial charge in [0, 0.05) is 12.6 Å². The van der Waals surface area contributed by atoms with Crippen LogP contribution in [0, 0.1) is 5.82 Å². The third-order valence-electron chi connectivity index (χ3n) is 4.26. The van der Waals surface area contributed by atoms with E-state index in [9.17, 15) is 9.18 Å². The summed E-state index contributed by atoms with van der Waals surface area (Å²) in [5.41, 5.74) is 1.36. The van der Waals surface area contributed by atoms with Gasteiger partial charge in [0.15, 0.2) is 17.3 Å². The number of carbonyl (C=O) groups is 1. The van der Waals surface area contributed by atoms with Gasteiger partial charge >= 0.3 is 0 Å². The molecule has 4 aromatic rings. The third-order valence-corrected chi connectivity index (χ3v) is 4.57. The largest absolute Gasteiger partial charge is 0.345 e. The van der Waals surface area contributed by atoms with E-state index in [0.29, 0.717) is 28.8 Å². The lowest BCUT2D eigenvalue weighted by Gasteiger charge is -2.06. The molecule has 0 spiro atoms. The van der Waals surface area contributed by atoms with Gasteiger partial charge in [-0.25, -0.2) is 4.39 Å². The Bertz CT molecular complexity index is 1190. The van der Waals surface area contributed by atoms with Crippen molar-refractivity contribution >= 4 is 23.2 Å². The fourth-order valence-corrected chi connectivity index (χ4v) is 3.12. The van der Waals surface area contributed by atoms with Crippen LogP contribution >= 0.6 is 11.6 Å². The smallest absolute Gasteiger partial charge is 0.261 e. The predicted molar refractivity (Wildman–Crippen MR) is 103 cm³/mol. The number of nitrogens with one attached hydrogen (secondary N) is 1. The predicted octanol–water partition coefficient (Wildman–Crippen LogP) is 3.45. The number of nitrogens with zero attached hydrogens (tertiary/aromatic N) is 5. The fourth-order valence-electron chi connectivity index (χ4n) is 2.87. The fraction of sp³-hybridized carbons (Fsp3) is 0.211. The van der Waals surface area contributed by atoms with Crippen molar-refractivity contribution < 1.29 is 13.7 Å². The number of carbonyl (C=O) groups excluding carboxylic acids is 1. The molecule has 0 saturated heterocycles. The minimum Gasteiger partial charge on any atom is -0.345 e. The van der Waals surface area contributed by atoms with Gasteiger partial charge in [-0.3, -0.25) is 9.20 Å². The zero-order valence-electron chi connectivity index (χ0n) is 15.4. The number of fused-ring (bicyclic) bond motifs is 1. The summed E-state index contributed by atoms with van der Waals surface area (Å²) >= 11 is 5.94. The molecule has 0 aliphatic heterocycles. The highest BCUT2D eigenvalue weighted by Gasteiger charge is 2.17.